The predicted octanol–water partition coefficient (Wildman–Crippen LogP) is 2.80. The fraction of sp³-hybridized carbons (Fsp3) is 0.500. The number of aryl methyl sites for hydroxylation is 1. The highest BCUT2D eigenvalue weighted by atomic mass is 16.5. The molecule has 1 unspecified atom stereocenters. The molecule has 25 heavy (non-hydrogen) atoms. The van der Waals surface area contributed by atoms with Gasteiger partial charge in [0.05, 0.1) is 12.5 Å². The number of likely N-dealkylation sites (N-methyl/N-ethyl adjacent to an activating group) is 1. The molecule has 134 valence electrons. The van der Waals surface area contributed by atoms with Gasteiger partial charge in [-0.2, -0.15) is 0 Å². The van der Waals surface area contributed by atoms with Crippen LogP contribution in [0.1, 0.15) is 36.8 Å². The minimum Gasteiger partial charge on any atom is -0.378 e. The maximum Gasteiger partial charge on any atom is 0.251 e. The van der Waals surface area contributed by atoms with Gasteiger partial charge in [0.1, 0.15) is 0 Å². The summed E-state index contributed by atoms with van der Waals surface area (Å²) in [5.41, 5.74) is 2.38. The van der Waals surface area contributed by atoms with Gasteiger partial charge in [-0.15, -0.1) is 0 Å². The van der Waals surface area contributed by atoms with Crippen LogP contribution in [-0.4, -0.2) is 42.1 Å². The number of aromatic amines is 1. The summed E-state index contributed by atoms with van der Waals surface area (Å²) in [5.74, 6) is 0.108. The van der Waals surface area contributed by atoms with E-state index in [-0.39, 0.29) is 11.5 Å². The third-order valence-electron chi connectivity index (χ3n) is 4.94. The molecule has 1 aliphatic heterocycles. The number of hydrogen-bond donors (Lipinski definition) is 1. The number of carbonyl (C=O) groups is 1. The van der Waals surface area contributed by atoms with E-state index in [1.54, 1.807) is 11.8 Å². The van der Waals surface area contributed by atoms with Crippen LogP contribution in [-0.2, 0) is 16.0 Å². The summed E-state index contributed by atoms with van der Waals surface area (Å²) in [6.45, 7) is 3.36. The van der Waals surface area contributed by atoms with Crippen LogP contribution in [0, 0.1) is 6.92 Å². The molecule has 0 bridgehead atoms. The summed E-state index contributed by atoms with van der Waals surface area (Å²) >= 11 is 0. The monoisotopic (exact) mass is 342 g/mol. The minimum absolute atomic E-state index is 0.0685. The van der Waals surface area contributed by atoms with E-state index in [0.717, 1.165) is 48.9 Å². The van der Waals surface area contributed by atoms with E-state index in [0.29, 0.717) is 18.1 Å². The summed E-state index contributed by atoms with van der Waals surface area (Å²) in [4.78, 5) is 28.8. The molecule has 0 saturated carbocycles. The number of amides is 1. The fourth-order valence-corrected chi connectivity index (χ4v) is 3.28. The highest BCUT2D eigenvalue weighted by Gasteiger charge is 2.16. The smallest absolute Gasteiger partial charge is 0.251 e. The lowest BCUT2D eigenvalue weighted by molar-refractivity contribution is -0.129. The van der Waals surface area contributed by atoms with Crippen LogP contribution in [0.25, 0.3) is 10.9 Å². The lowest BCUT2D eigenvalue weighted by Crippen LogP contribution is -2.32. The number of pyridine rings is 1. The largest absolute Gasteiger partial charge is 0.378 e. The van der Waals surface area contributed by atoms with E-state index in [2.05, 4.69) is 4.98 Å². The van der Waals surface area contributed by atoms with Gasteiger partial charge in [-0.25, -0.2) is 0 Å². The second-order valence-corrected chi connectivity index (χ2v) is 6.97. The highest BCUT2D eigenvalue weighted by molar-refractivity contribution is 5.83. The van der Waals surface area contributed by atoms with E-state index in [4.69, 9.17) is 4.74 Å². The second-order valence-electron chi connectivity index (χ2n) is 6.97. The molecular formula is C20H26N2O3. The Balaban J connectivity index is 1.60. The maximum atomic E-state index is 12.5. The van der Waals surface area contributed by atoms with Crippen molar-refractivity contribution in [1.82, 2.24) is 9.88 Å². The van der Waals surface area contributed by atoms with E-state index in [1.807, 2.05) is 31.3 Å². The molecule has 0 radical (unpaired) electrons. The molecule has 1 aromatic carbocycles. The average Bonchev–Trinajstić information content (AvgIpc) is 2.61. The van der Waals surface area contributed by atoms with Crippen LogP contribution in [0.2, 0.25) is 0 Å². The molecule has 0 aliphatic carbocycles. The van der Waals surface area contributed by atoms with Crippen molar-refractivity contribution in [2.45, 2.75) is 45.1 Å². The number of carbonyl (C=O) groups excluding carboxylic acids is 1. The Morgan fingerprint density at radius 2 is 2.16 bits per heavy atom. The molecule has 5 heteroatoms. The number of benzene rings is 1. The molecule has 1 atom stereocenters. The number of rotatable bonds is 5. The first-order valence-electron chi connectivity index (χ1n) is 9.01. The summed E-state index contributed by atoms with van der Waals surface area (Å²) in [7, 11) is 1.85. The van der Waals surface area contributed by atoms with Crippen LogP contribution in [0.4, 0.5) is 0 Å². The average molecular weight is 342 g/mol. The van der Waals surface area contributed by atoms with Gasteiger partial charge in [-0.1, -0.05) is 6.07 Å². The number of nitrogens with zero attached hydrogens (tertiary/aromatic N) is 1. The Morgan fingerprint density at radius 1 is 1.32 bits per heavy atom. The van der Waals surface area contributed by atoms with Gasteiger partial charge < -0.3 is 14.6 Å². The molecular weight excluding hydrogens is 316 g/mol. The fourth-order valence-electron chi connectivity index (χ4n) is 3.28. The van der Waals surface area contributed by atoms with Crippen molar-refractivity contribution in [3.63, 3.8) is 0 Å². The van der Waals surface area contributed by atoms with E-state index in [1.165, 1.54) is 6.42 Å². The zero-order valence-electron chi connectivity index (χ0n) is 15.0. The molecule has 2 aromatic rings. The van der Waals surface area contributed by atoms with Crippen LogP contribution in [0.3, 0.4) is 0 Å². The lowest BCUT2D eigenvalue weighted by atomic mass is 10.1. The summed E-state index contributed by atoms with van der Waals surface area (Å²) < 4.78 is 5.73. The summed E-state index contributed by atoms with van der Waals surface area (Å²) in [6, 6.07) is 7.62. The zero-order valence-corrected chi connectivity index (χ0v) is 15.0. The number of ether oxygens (including phenoxy) is 1. The Kier molecular flexibility index (Phi) is 5.53. The highest BCUT2D eigenvalue weighted by Crippen LogP contribution is 2.17. The Labute approximate surface area is 148 Å². The van der Waals surface area contributed by atoms with Crippen molar-refractivity contribution in [2.24, 2.45) is 0 Å². The molecule has 1 saturated heterocycles. The summed E-state index contributed by atoms with van der Waals surface area (Å²) in [5, 5.41) is 0.959. The lowest BCUT2D eigenvalue weighted by Gasteiger charge is -2.25. The van der Waals surface area contributed by atoms with Crippen LogP contribution >= 0.6 is 0 Å². The number of aromatic nitrogens is 1. The number of hydrogen-bond acceptors (Lipinski definition) is 3. The molecule has 0 spiro atoms. The van der Waals surface area contributed by atoms with Gasteiger partial charge >= 0.3 is 0 Å². The first kappa shape index (κ1) is 17.7. The van der Waals surface area contributed by atoms with Gasteiger partial charge in [0.25, 0.3) is 5.56 Å². The van der Waals surface area contributed by atoms with E-state index >= 15 is 0 Å². The molecule has 5 nitrogen and oxygen atoms in total. The van der Waals surface area contributed by atoms with Crippen molar-refractivity contribution < 1.29 is 9.53 Å². The SMILES string of the molecule is Cc1cc2cc(CC(=O)N(C)CCC3CCCCO3)ccc2[nH]c1=O. The molecule has 3 rings (SSSR count). The van der Waals surface area contributed by atoms with Crippen molar-refractivity contribution in [2.75, 3.05) is 20.2 Å². The summed E-state index contributed by atoms with van der Waals surface area (Å²) in [6.07, 6.45) is 5.05. The quantitative estimate of drug-likeness (QED) is 0.909. The Morgan fingerprint density at radius 3 is 2.92 bits per heavy atom. The number of nitrogens with one attached hydrogen (secondary N) is 1. The van der Waals surface area contributed by atoms with E-state index < -0.39 is 0 Å². The van der Waals surface area contributed by atoms with Crippen molar-refractivity contribution in [3.05, 3.63) is 45.7 Å². The molecule has 1 aromatic heterocycles. The first-order chi connectivity index (χ1) is 12.0. The molecule has 1 amide bonds. The zero-order chi connectivity index (χ0) is 17.8. The predicted molar refractivity (Wildman–Crippen MR) is 98.9 cm³/mol. The molecule has 1 fully saturated rings. The van der Waals surface area contributed by atoms with Crippen LogP contribution < -0.4 is 5.56 Å². The third-order valence-corrected chi connectivity index (χ3v) is 4.94. The number of H-pyrrole nitrogens is 1. The Hall–Kier alpha value is -2.14. The normalized spacial score (nSPS) is 17.6. The van der Waals surface area contributed by atoms with Gasteiger partial charge in [0.2, 0.25) is 5.91 Å². The van der Waals surface area contributed by atoms with Crippen LogP contribution in [0.5, 0.6) is 0 Å². The molecule has 1 N–H and O–H groups in total. The third kappa shape index (κ3) is 4.48. The first-order valence-corrected chi connectivity index (χ1v) is 9.01. The minimum atomic E-state index is -0.0685. The van der Waals surface area contributed by atoms with Crippen molar-refractivity contribution >= 4 is 16.8 Å². The maximum absolute atomic E-state index is 12.5. The topological polar surface area (TPSA) is 62.4 Å². The van der Waals surface area contributed by atoms with Gasteiger partial charge in [-0.3, -0.25) is 9.59 Å². The van der Waals surface area contributed by atoms with Crippen molar-refractivity contribution in [1.29, 1.82) is 0 Å². The second kappa shape index (κ2) is 7.83. The van der Waals surface area contributed by atoms with E-state index in [9.17, 15) is 9.59 Å². The molecule has 2 heterocycles. The standard InChI is InChI=1S/C20H26N2O3/c1-14-11-16-12-15(6-7-18(16)21-20(14)24)13-19(23)22(2)9-8-17-5-3-4-10-25-17/h6-7,11-12,17H,3-5,8-10,13H2,1-2H3,(H,21,24). The van der Waals surface area contributed by atoms with Crippen molar-refractivity contribution in [3.8, 4) is 0 Å². The number of fused-ring (bicyclic) bond motifs is 1. The van der Waals surface area contributed by atoms with Gasteiger partial charge in [0, 0.05) is 31.3 Å². The van der Waals surface area contributed by atoms with Crippen LogP contribution in [0.15, 0.2) is 29.1 Å². The van der Waals surface area contributed by atoms with Gasteiger partial charge in [0.15, 0.2) is 0 Å². The molecule has 1 aliphatic rings. The Bertz CT molecular complexity index is 806. The van der Waals surface area contributed by atoms with Gasteiger partial charge in [-0.05, 0) is 61.8 Å².